The maximum Gasteiger partial charge on any atom is 0.263 e. The number of nitrogens with zero attached hydrogens (tertiary/aromatic N) is 2. The molecule has 0 amide bonds. The first-order valence-corrected chi connectivity index (χ1v) is 12.0. The quantitative estimate of drug-likeness (QED) is 0.253. The van der Waals surface area contributed by atoms with Gasteiger partial charge in [0.05, 0.1) is 16.9 Å². The molecule has 1 heterocycles. The fraction of sp³-hybridized carbons (Fsp3) is 0.385. The minimum atomic E-state index is -0.213. The highest BCUT2D eigenvalue weighted by molar-refractivity contribution is 7.99. The van der Waals surface area contributed by atoms with E-state index in [1.165, 1.54) is 18.4 Å². The van der Waals surface area contributed by atoms with Crippen LogP contribution in [0.25, 0.3) is 16.9 Å². The van der Waals surface area contributed by atoms with Crippen molar-refractivity contribution in [3.63, 3.8) is 0 Å². The van der Waals surface area contributed by atoms with Crippen LogP contribution in [-0.2, 0) is 11.8 Å². The number of fused-ring (bicyclic) bond motifs is 3. The van der Waals surface area contributed by atoms with Crippen LogP contribution in [0.4, 0.5) is 0 Å². The molecule has 156 valence electrons. The fourth-order valence-corrected chi connectivity index (χ4v) is 5.38. The van der Waals surface area contributed by atoms with Gasteiger partial charge in [0.2, 0.25) is 0 Å². The Kier molecular flexibility index (Phi) is 6.14. The molecule has 30 heavy (non-hydrogen) atoms. The van der Waals surface area contributed by atoms with Gasteiger partial charge < -0.3 is 0 Å². The monoisotopic (exact) mass is 418 g/mol. The van der Waals surface area contributed by atoms with Crippen molar-refractivity contribution in [2.45, 2.75) is 63.4 Å². The third-order valence-electron chi connectivity index (χ3n) is 6.28. The topological polar surface area (TPSA) is 34.9 Å². The van der Waals surface area contributed by atoms with Crippen molar-refractivity contribution in [2.75, 3.05) is 5.75 Å². The summed E-state index contributed by atoms with van der Waals surface area (Å²) in [4.78, 5) is 19.2. The van der Waals surface area contributed by atoms with E-state index in [9.17, 15) is 4.79 Å². The SMILES string of the molecule is CCCCCSc1nc2c(c(=O)n1-c1ccccc1)[C@](C)(CC)Cc1ccccc1-2. The molecule has 1 aliphatic rings. The van der Waals surface area contributed by atoms with Gasteiger partial charge in [0.1, 0.15) is 0 Å². The molecule has 3 aromatic rings. The first kappa shape index (κ1) is 20.9. The molecule has 3 nitrogen and oxygen atoms in total. The Morgan fingerprint density at radius 1 is 1.03 bits per heavy atom. The second kappa shape index (κ2) is 8.81. The normalized spacial score (nSPS) is 17.4. The molecule has 0 radical (unpaired) electrons. The lowest BCUT2D eigenvalue weighted by atomic mass is 9.69. The van der Waals surface area contributed by atoms with E-state index < -0.39 is 0 Å². The molecule has 0 aliphatic heterocycles. The summed E-state index contributed by atoms with van der Waals surface area (Å²) in [5.74, 6) is 0.971. The van der Waals surface area contributed by atoms with Gasteiger partial charge in [-0.05, 0) is 37.0 Å². The lowest BCUT2D eigenvalue weighted by molar-refractivity contribution is 0.435. The van der Waals surface area contributed by atoms with Crippen LogP contribution in [0.2, 0.25) is 0 Å². The number of aromatic nitrogens is 2. The summed E-state index contributed by atoms with van der Waals surface area (Å²) in [6.07, 6.45) is 5.30. The van der Waals surface area contributed by atoms with E-state index in [0.29, 0.717) is 0 Å². The summed E-state index contributed by atoms with van der Waals surface area (Å²) in [6, 6.07) is 18.4. The molecule has 1 aliphatic carbocycles. The number of hydrogen-bond acceptors (Lipinski definition) is 3. The fourth-order valence-electron chi connectivity index (χ4n) is 4.37. The Labute approximate surface area is 183 Å². The lowest BCUT2D eigenvalue weighted by Crippen LogP contribution is -2.39. The Hall–Kier alpha value is -2.33. The summed E-state index contributed by atoms with van der Waals surface area (Å²) in [7, 11) is 0. The molecule has 4 heteroatoms. The third kappa shape index (κ3) is 3.74. The van der Waals surface area contributed by atoms with E-state index in [1.807, 2.05) is 34.9 Å². The van der Waals surface area contributed by atoms with Crippen LogP contribution in [0.1, 0.15) is 57.6 Å². The molecule has 0 spiro atoms. The molecule has 0 saturated carbocycles. The van der Waals surface area contributed by atoms with Crippen LogP contribution in [0.15, 0.2) is 64.5 Å². The highest BCUT2D eigenvalue weighted by atomic mass is 32.2. The molecule has 4 rings (SSSR count). The smallest absolute Gasteiger partial charge is 0.263 e. The highest BCUT2D eigenvalue weighted by Gasteiger charge is 2.38. The van der Waals surface area contributed by atoms with Gasteiger partial charge in [0.15, 0.2) is 5.16 Å². The summed E-state index contributed by atoms with van der Waals surface area (Å²) in [6.45, 7) is 6.61. The number of unbranched alkanes of at least 4 members (excludes halogenated alkanes) is 2. The molecular formula is C26H30N2OS. The van der Waals surface area contributed by atoms with Crippen molar-refractivity contribution in [1.29, 1.82) is 0 Å². The van der Waals surface area contributed by atoms with Gasteiger partial charge in [0.25, 0.3) is 5.56 Å². The maximum absolute atomic E-state index is 14.0. The van der Waals surface area contributed by atoms with Crippen molar-refractivity contribution in [3.05, 3.63) is 76.1 Å². The third-order valence-corrected chi connectivity index (χ3v) is 7.31. The summed E-state index contributed by atoms with van der Waals surface area (Å²) >= 11 is 1.70. The van der Waals surface area contributed by atoms with E-state index in [2.05, 4.69) is 45.0 Å². The molecule has 2 aromatic carbocycles. The van der Waals surface area contributed by atoms with Gasteiger partial charge in [0, 0.05) is 16.7 Å². The van der Waals surface area contributed by atoms with Crippen LogP contribution in [0, 0.1) is 0 Å². The number of benzene rings is 2. The minimum Gasteiger partial charge on any atom is -0.268 e. The molecular weight excluding hydrogens is 388 g/mol. The number of hydrogen-bond donors (Lipinski definition) is 0. The average molecular weight is 419 g/mol. The van der Waals surface area contributed by atoms with E-state index in [-0.39, 0.29) is 11.0 Å². The molecule has 0 bridgehead atoms. The summed E-state index contributed by atoms with van der Waals surface area (Å²) in [5, 5.41) is 0.802. The van der Waals surface area contributed by atoms with Crippen molar-refractivity contribution in [2.24, 2.45) is 0 Å². The molecule has 0 saturated heterocycles. The zero-order valence-corrected chi connectivity index (χ0v) is 19.0. The molecule has 0 fully saturated rings. The van der Waals surface area contributed by atoms with E-state index in [0.717, 1.165) is 52.7 Å². The van der Waals surface area contributed by atoms with E-state index >= 15 is 0 Å². The van der Waals surface area contributed by atoms with E-state index in [4.69, 9.17) is 4.98 Å². The lowest BCUT2D eigenvalue weighted by Gasteiger charge is -2.35. The van der Waals surface area contributed by atoms with E-state index in [1.54, 1.807) is 11.8 Å². The zero-order chi connectivity index (χ0) is 21.1. The molecule has 0 N–H and O–H groups in total. The standard InChI is InChI=1S/C26H30N2OS/c1-4-6-12-17-30-25-27-23-21-16-11-10-13-19(21)18-26(3,5-2)22(23)24(29)28(25)20-14-8-7-9-15-20/h7-11,13-16H,4-6,12,17-18H2,1-3H3/t26-/m1/s1. The highest BCUT2D eigenvalue weighted by Crippen LogP contribution is 2.43. The predicted octanol–water partition coefficient (Wildman–Crippen LogP) is 6.41. The molecule has 1 aromatic heterocycles. The summed E-state index contributed by atoms with van der Waals surface area (Å²) in [5.41, 5.74) is 4.93. The number of thioether (sulfide) groups is 1. The van der Waals surface area contributed by atoms with Gasteiger partial charge in [-0.25, -0.2) is 4.98 Å². The average Bonchev–Trinajstić information content (AvgIpc) is 2.77. The van der Waals surface area contributed by atoms with Crippen molar-refractivity contribution < 1.29 is 0 Å². The van der Waals surface area contributed by atoms with Crippen LogP contribution >= 0.6 is 11.8 Å². The Balaban J connectivity index is 1.96. The van der Waals surface area contributed by atoms with Crippen molar-refractivity contribution in [3.8, 4) is 16.9 Å². The maximum atomic E-state index is 14.0. The Morgan fingerprint density at radius 2 is 1.77 bits per heavy atom. The van der Waals surface area contributed by atoms with Gasteiger partial charge in [-0.15, -0.1) is 0 Å². The molecule has 0 unspecified atom stereocenters. The van der Waals surface area contributed by atoms with Gasteiger partial charge >= 0.3 is 0 Å². The van der Waals surface area contributed by atoms with Gasteiger partial charge in [-0.2, -0.15) is 0 Å². The minimum absolute atomic E-state index is 0.0862. The second-order valence-electron chi connectivity index (χ2n) is 8.40. The number of rotatable bonds is 7. The van der Waals surface area contributed by atoms with Gasteiger partial charge in [-0.1, -0.05) is 87.8 Å². The van der Waals surface area contributed by atoms with Crippen molar-refractivity contribution >= 4 is 11.8 Å². The Bertz CT molecular complexity index is 1090. The first-order chi connectivity index (χ1) is 14.6. The van der Waals surface area contributed by atoms with Crippen LogP contribution in [0.5, 0.6) is 0 Å². The predicted molar refractivity (Wildman–Crippen MR) is 127 cm³/mol. The summed E-state index contributed by atoms with van der Waals surface area (Å²) < 4.78 is 1.84. The van der Waals surface area contributed by atoms with Crippen LogP contribution in [-0.4, -0.2) is 15.3 Å². The number of para-hydroxylation sites is 1. The van der Waals surface area contributed by atoms with Crippen LogP contribution in [0.3, 0.4) is 0 Å². The van der Waals surface area contributed by atoms with Crippen LogP contribution < -0.4 is 5.56 Å². The largest absolute Gasteiger partial charge is 0.268 e. The molecule has 1 atom stereocenters. The zero-order valence-electron chi connectivity index (χ0n) is 18.1. The second-order valence-corrected chi connectivity index (χ2v) is 9.46. The van der Waals surface area contributed by atoms with Gasteiger partial charge in [-0.3, -0.25) is 9.36 Å². The Morgan fingerprint density at radius 3 is 2.50 bits per heavy atom. The van der Waals surface area contributed by atoms with Crippen molar-refractivity contribution in [1.82, 2.24) is 9.55 Å². The first-order valence-electron chi connectivity index (χ1n) is 11.0.